The molecule has 4 N–H and O–H groups in total. The topological polar surface area (TPSA) is 122 Å². The van der Waals surface area contributed by atoms with E-state index in [-0.39, 0.29) is 5.84 Å². The molecule has 7 nitrogen and oxygen atoms in total. The van der Waals surface area contributed by atoms with Crippen molar-refractivity contribution in [2.24, 2.45) is 10.9 Å². The Labute approximate surface area is 111 Å². The molecular weight excluding hydrogens is 270 g/mol. The van der Waals surface area contributed by atoms with Gasteiger partial charge in [0.1, 0.15) is 5.75 Å². The molecule has 8 heteroatoms. The van der Waals surface area contributed by atoms with Gasteiger partial charge in [0.15, 0.2) is 15.7 Å². The highest BCUT2D eigenvalue weighted by Gasteiger charge is 2.15. The summed E-state index contributed by atoms with van der Waals surface area (Å²) in [6.45, 7) is 1.72. The minimum atomic E-state index is -3.42. The molecule has 0 radical (unpaired) electrons. The maximum Gasteiger partial charge on any atom is 0.239 e. The molecule has 1 rings (SSSR count). The fourth-order valence-electron chi connectivity index (χ4n) is 1.59. The first-order valence-electron chi connectivity index (χ1n) is 5.29. The Morgan fingerprint density at radius 2 is 2.11 bits per heavy atom. The minimum absolute atomic E-state index is 0.159. The smallest absolute Gasteiger partial charge is 0.239 e. The molecule has 0 bridgehead atoms. The summed E-state index contributed by atoms with van der Waals surface area (Å²) in [5.74, 6) is -1.47. The van der Waals surface area contributed by atoms with Gasteiger partial charge in [0.25, 0.3) is 0 Å². The summed E-state index contributed by atoms with van der Waals surface area (Å²) in [4.78, 5) is 11.6. The minimum Gasteiger partial charge on any atom is -0.409 e. The number of aryl methyl sites for hydroxylation is 1. The van der Waals surface area contributed by atoms with Crippen molar-refractivity contribution in [2.45, 2.75) is 6.92 Å². The van der Waals surface area contributed by atoms with Crippen LogP contribution >= 0.6 is 0 Å². The molecule has 0 heterocycles. The number of nitrogens with zero attached hydrogens (tertiary/aromatic N) is 1. The Balaban J connectivity index is 3.09. The molecule has 0 atom stereocenters. The Kier molecular flexibility index (Phi) is 4.49. The number of amidine groups is 1. The van der Waals surface area contributed by atoms with Crippen molar-refractivity contribution in [3.8, 4) is 0 Å². The third-order valence-electron chi connectivity index (χ3n) is 2.30. The zero-order chi connectivity index (χ0) is 14.6. The second kappa shape index (κ2) is 5.70. The van der Waals surface area contributed by atoms with Gasteiger partial charge in [-0.25, -0.2) is 8.42 Å². The number of sulfone groups is 1. The van der Waals surface area contributed by atoms with E-state index >= 15 is 0 Å². The van der Waals surface area contributed by atoms with Crippen molar-refractivity contribution in [1.29, 1.82) is 0 Å². The monoisotopic (exact) mass is 285 g/mol. The molecule has 0 aliphatic rings. The Morgan fingerprint density at radius 3 is 2.63 bits per heavy atom. The quantitative estimate of drug-likeness (QED) is 0.313. The van der Waals surface area contributed by atoms with Crippen LogP contribution in [0.25, 0.3) is 0 Å². The van der Waals surface area contributed by atoms with E-state index in [0.29, 0.717) is 16.8 Å². The van der Waals surface area contributed by atoms with Crippen LogP contribution in [0.3, 0.4) is 0 Å². The maximum absolute atomic E-state index is 11.6. The van der Waals surface area contributed by atoms with Crippen LogP contribution in [0.4, 0.5) is 5.69 Å². The van der Waals surface area contributed by atoms with Gasteiger partial charge in [-0.2, -0.15) is 0 Å². The molecule has 0 saturated heterocycles. The van der Waals surface area contributed by atoms with E-state index in [1.165, 1.54) is 0 Å². The van der Waals surface area contributed by atoms with E-state index < -0.39 is 21.5 Å². The van der Waals surface area contributed by atoms with Crippen LogP contribution in [0.15, 0.2) is 23.4 Å². The van der Waals surface area contributed by atoms with Crippen molar-refractivity contribution in [3.63, 3.8) is 0 Å². The second-order valence-corrected chi connectivity index (χ2v) is 6.24. The largest absolute Gasteiger partial charge is 0.409 e. The molecule has 1 aromatic carbocycles. The average Bonchev–Trinajstić information content (AvgIpc) is 2.25. The summed E-state index contributed by atoms with van der Waals surface area (Å²) in [5.41, 5.74) is 6.87. The summed E-state index contributed by atoms with van der Waals surface area (Å²) in [7, 11) is -3.42. The molecule has 0 aliphatic carbocycles. The van der Waals surface area contributed by atoms with Gasteiger partial charge >= 0.3 is 0 Å². The molecule has 0 unspecified atom stereocenters. The van der Waals surface area contributed by atoms with Crippen LogP contribution in [0.1, 0.15) is 11.1 Å². The van der Waals surface area contributed by atoms with Crippen molar-refractivity contribution in [3.05, 3.63) is 29.3 Å². The van der Waals surface area contributed by atoms with Gasteiger partial charge in [0, 0.05) is 11.8 Å². The second-order valence-electron chi connectivity index (χ2n) is 4.10. The molecule has 0 fully saturated rings. The summed E-state index contributed by atoms with van der Waals surface area (Å²) in [5, 5.41) is 14.0. The zero-order valence-electron chi connectivity index (χ0n) is 10.5. The predicted octanol–water partition coefficient (Wildman–Crippen LogP) is 0.0726. The maximum atomic E-state index is 11.6. The van der Waals surface area contributed by atoms with Gasteiger partial charge < -0.3 is 16.3 Å². The Hall–Kier alpha value is -2.09. The normalized spacial score (nSPS) is 12.2. The lowest BCUT2D eigenvalue weighted by atomic mass is 10.1. The lowest BCUT2D eigenvalue weighted by Gasteiger charge is -2.12. The summed E-state index contributed by atoms with van der Waals surface area (Å²) >= 11 is 0. The average molecular weight is 285 g/mol. The molecule has 104 valence electrons. The summed E-state index contributed by atoms with van der Waals surface area (Å²) < 4.78 is 22.0. The van der Waals surface area contributed by atoms with Gasteiger partial charge in [-0.05, 0) is 18.6 Å². The standard InChI is InChI=1S/C11H15N3O4S/c1-7-4-3-5-8(10(7)11(12)14-16)13-9(15)6-19(2,17)18/h3-5,16H,6H2,1-2H3,(H2,12,14)(H,13,15). The highest BCUT2D eigenvalue weighted by molar-refractivity contribution is 7.91. The van der Waals surface area contributed by atoms with Crippen LogP contribution in [0.5, 0.6) is 0 Å². The highest BCUT2D eigenvalue weighted by Crippen LogP contribution is 2.19. The first kappa shape index (κ1) is 15.0. The van der Waals surface area contributed by atoms with Crippen molar-refractivity contribution in [2.75, 3.05) is 17.3 Å². The number of oxime groups is 1. The third-order valence-corrected chi connectivity index (χ3v) is 3.09. The van der Waals surface area contributed by atoms with Crippen LogP contribution in [0.2, 0.25) is 0 Å². The molecule has 0 spiro atoms. The van der Waals surface area contributed by atoms with E-state index in [2.05, 4.69) is 10.5 Å². The van der Waals surface area contributed by atoms with Crippen LogP contribution in [-0.4, -0.2) is 37.4 Å². The SMILES string of the molecule is Cc1cccc(NC(=O)CS(C)(=O)=O)c1/C(N)=N/O. The van der Waals surface area contributed by atoms with Crippen LogP contribution < -0.4 is 11.1 Å². The first-order chi connectivity index (χ1) is 8.74. The van der Waals surface area contributed by atoms with Gasteiger partial charge in [-0.1, -0.05) is 17.3 Å². The number of carbonyl (C=O) groups is 1. The molecule has 1 amide bonds. The van der Waals surface area contributed by atoms with E-state index in [1.54, 1.807) is 25.1 Å². The first-order valence-corrected chi connectivity index (χ1v) is 7.35. The van der Waals surface area contributed by atoms with E-state index in [0.717, 1.165) is 6.26 Å². The van der Waals surface area contributed by atoms with E-state index in [9.17, 15) is 13.2 Å². The van der Waals surface area contributed by atoms with Gasteiger partial charge in [0.2, 0.25) is 5.91 Å². The lowest BCUT2D eigenvalue weighted by molar-refractivity contribution is -0.113. The fraction of sp³-hybridized carbons (Fsp3) is 0.273. The van der Waals surface area contributed by atoms with Crippen molar-refractivity contribution >= 4 is 27.3 Å². The van der Waals surface area contributed by atoms with Gasteiger partial charge in [-0.15, -0.1) is 0 Å². The molecular formula is C11H15N3O4S. The van der Waals surface area contributed by atoms with Gasteiger partial charge in [-0.3, -0.25) is 4.79 Å². The van der Waals surface area contributed by atoms with Crippen molar-refractivity contribution in [1.82, 2.24) is 0 Å². The van der Waals surface area contributed by atoms with Crippen molar-refractivity contribution < 1.29 is 18.4 Å². The Bertz CT molecular complexity index is 623. The molecule has 0 aliphatic heterocycles. The number of amides is 1. The number of nitrogens with one attached hydrogen (secondary N) is 1. The number of benzene rings is 1. The highest BCUT2D eigenvalue weighted by atomic mass is 32.2. The molecule has 0 aromatic heterocycles. The number of carbonyl (C=O) groups excluding carboxylic acids is 1. The number of nitrogens with two attached hydrogens (primary N) is 1. The number of hydrogen-bond acceptors (Lipinski definition) is 5. The van der Waals surface area contributed by atoms with Gasteiger partial charge in [0.05, 0.1) is 5.69 Å². The molecule has 0 saturated carbocycles. The van der Waals surface area contributed by atoms with E-state index in [1.807, 2.05) is 0 Å². The molecule has 19 heavy (non-hydrogen) atoms. The summed E-state index contributed by atoms with van der Waals surface area (Å²) in [6, 6.07) is 4.93. The molecule has 1 aromatic rings. The number of anilines is 1. The lowest BCUT2D eigenvalue weighted by Crippen LogP contribution is -2.25. The predicted molar refractivity (Wildman–Crippen MR) is 72.0 cm³/mol. The third kappa shape index (κ3) is 4.25. The fourth-order valence-corrected chi connectivity index (χ4v) is 2.13. The number of rotatable bonds is 4. The van der Waals surface area contributed by atoms with Crippen LogP contribution in [0, 0.1) is 6.92 Å². The zero-order valence-corrected chi connectivity index (χ0v) is 11.4. The summed E-state index contributed by atoms with van der Waals surface area (Å²) in [6.07, 6.45) is 0.966. The Morgan fingerprint density at radius 1 is 1.47 bits per heavy atom. The number of hydrogen-bond donors (Lipinski definition) is 3. The van der Waals surface area contributed by atoms with Crippen LogP contribution in [-0.2, 0) is 14.6 Å². The van der Waals surface area contributed by atoms with E-state index in [4.69, 9.17) is 10.9 Å².